The van der Waals surface area contributed by atoms with Crippen LogP contribution in [0.4, 0.5) is 0 Å². The van der Waals surface area contributed by atoms with E-state index < -0.39 is 0 Å². The number of ether oxygens (including phenoxy) is 2. The van der Waals surface area contributed by atoms with Crippen molar-refractivity contribution in [1.82, 2.24) is 0 Å². The zero-order chi connectivity index (χ0) is 9.97. The highest BCUT2D eigenvalue weighted by Gasteiger charge is 2.23. The van der Waals surface area contributed by atoms with E-state index >= 15 is 0 Å². The normalized spacial score (nSPS) is 22.0. The van der Waals surface area contributed by atoms with Gasteiger partial charge in [-0.2, -0.15) is 0 Å². The van der Waals surface area contributed by atoms with E-state index in [1.165, 1.54) is 5.56 Å². The molecule has 1 fully saturated rings. The van der Waals surface area contributed by atoms with Crippen molar-refractivity contribution in [2.45, 2.75) is 19.1 Å². The molecule has 0 aromatic heterocycles. The number of hydrogen-bond donors (Lipinski definition) is 0. The average molecular weight is 257 g/mol. The van der Waals surface area contributed by atoms with E-state index in [4.69, 9.17) is 9.47 Å². The zero-order valence-electron chi connectivity index (χ0n) is 8.07. The Balaban J connectivity index is 1.95. The first kappa shape index (κ1) is 10.1. The molecule has 1 unspecified atom stereocenters. The minimum absolute atomic E-state index is 0.120. The molecule has 2 atom stereocenters. The Bertz CT molecular complexity index is 310. The van der Waals surface area contributed by atoms with Crippen LogP contribution in [0.3, 0.4) is 0 Å². The molecule has 0 amide bonds. The molecule has 1 saturated heterocycles. The maximum absolute atomic E-state index is 5.68. The molecule has 0 radical (unpaired) electrons. The van der Waals surface area contributed by atoms with E-state index in [-0.39, 0.29) is 6.10 Å². The summed E-state index contributed by atoms with van der Waals surface area (Å²) in [5.41, 5.74) is 1.19. The smallest absolute Gasteiger partial charge is 0.104 e. The fourth-order valence-electron chi connectivity index (χ4n) is 1.31. The maximum Gasteiger partial charge on any atom is 0.104 e. The van der Waals surface area contributed by atoms with Crippen molar-refractivity contribution in [1.29, 1.82) is 0 Å². The van der Waals surface area contributed by atoms with Gasteiger partial charge in [-0.3, -0.25) is 0 Å². The molecule has 0 bridgehead atoms. The molecule has 1 aliphatic rings. The Hall–Kier alpha value is -0.380. The molecule has 1 aliphatic heterocycles. The van der Waals surface area contributed by atoms with Crippen molar-refractivity contribution >= 4 is 15.9 Å². The molecule has 14 heavy (non-hydrogen) atoms. The number of epoxide rings is 1. The predicted molar refractivity (Wildman–Crippen MR) is 58.2 cm³/mol. The summed E-state index contributed by atoms with van der Waals surface area (Å²) in [6.45, 7) is 3.60. The van der Waals surface area contributed by atoms with Gasteiger partial charge in [0, 0.05) is 4.47 Å². The first-order valence-electron chi connectivity index (χ1n) is 4.75. The Morgan fingerprint density at radius 1 is 1.57 bits per heavy atom. The number of benzene rings is 1. The Kier molecular flexibility index (Phi) is 3.21. The van der Waals surface area contributed by atoms with E-state index in [9.17, 15) is 0 Å². The van der Waals surface area contributed by atoms with Crippen LogP contribution in [0.25, 0.3) is 0 Å². The van der Waals surface area contributed by atoms with Crippen LogP contribution < -0.4 is 0 Å². The third-order valence-electron chi connectivity index (χ3n) is 2.28. The second kappa shape index (κ2) is 4.43. The molecule has 2 nitrogen and oxygen atoms in total. The number of rotatable bonds is 4. The van der Waals surface area contributed by atoms with Crippen LogP contribution in [0, 0.1) is 0 Å². The molecular formula is C11H13BrO2. The molecule has 0 saturated carbocycles. The third kappa shape index (κ3) is 2.56. The predicted octanol–water partition coefficient (Wildman–Crippen LogP) is 2.93. The molecule has 0 aliphatic carbocycles. The highest BCUT2D eigenvalue weighted by atomic mass is 79.9. The topological polar surface area (TPSA) is 21.8 Å². The van der Waals surface area contributed by atoms with Crippen molar-refractivity contribution in [3.05, 3.63) is 34.3 Å². The van der Waals surface area contributed by atoms with E-state index in [1.54, 1.807) is 0 Å². The summed E-state index contributed by atoms with van der Waals surface area (Å²) in [6, 6.07) is 8.13. The van der Waals surface area contributed by atoms with Crippen LogP contribution >= 0.6 is 15.9 Å². The van der Waals surface area contributed by atoms with Gasteiger partial charge in [-0.05, 0) is 18.6 Å². The Labute approximate surface area is 92.3 Å². The molecule has 1 heterocycles. The molecule has 0 N–H and O–H groups in total. The largest absolute Gasteiger partial charge is 0.371 e. The molecule has 2 rings (SSSR count). The van der Waals surface area contributed by atoms with Gasteiger partial charge in [0.1, 0.15) is 6.10 Å². The zero-order valence-corrected chi connectivity index (χ0v) is 9.66. The minimum atomic E-state index is 0.120. The van der Waals surface area contributed by atoms with Gasteiger partial charge >= 0.3 is 0 Å². The van der Waals surface area contributed by atoms with E-state index in [2.05, 4.69) is 28.9 Å². The maximum atomic E-state index is 5.68. The molecule has 1 aromatic rings. The van der Waals surface area contributed by atoms with Gasteiger partial charge in [0.2, 0.25) is 0 Å². The molecular weight excluding hydrogens is 244 g/mol. The van der Waals surface area contributed by atoms with Crippen LogP contribution in [0.2, 0.25) is 0 Å². The fourth-order valence-corrected chi connectivity index (χ4v) is 1.92. The second-order valence-corrected chi connectivity index (χ2v) is 4.31. The number of halogens is 1. The lowest BCUT2D eigenvalue weighted by Gasteiger charge is -2.13. The highest BCUT2D eigenvalue weighted by molar-refractivity contribution is 9.10. The van der Waals surface area contributed by atoms with Crippen molar-refractivity contribution in [3.8, 4) is 0 Å². The average Bonchev–Trinajstić information content (AvgIpc) is 2.98. The first-order chi connectivity index (χ1) is 6.77. The lowest BCUT2D eigenvalue weighted by atomic mass is 10.1. The molecule has 1 aromatic carbocycles. The van der Waals surface area contributed by atoms with Crippen LogP contribution in [0.15, 0.2) is 28.7 Å². The van der Waals surface area contributed by atoms with Crippen molar-refractivity contribution in [3.63, 3.8) is 0 Å². The van der Waals surface area contributed by atoms with Crippen molar-refractivity contribution < 1.29 is 9.47 Å². The summed E-state index contributed by atoms with van der Waals surface area (Å²) in [7, 11) is 0. The first-order valence-corrected chi connectivity index (χ1v) is 5.54. The van der Waals surface area contributed by atoms with Gasteiger partial charge in [0.25, 0.3) is 0 Å². The van der Waals surface area contributed by atoms with Crippen LogP contribution in [-0.4, -0.2) is 19.3 Å². The Morgan fingerprint density at radius 2 is 2.29 bits per heavy atom. The highest BCUT2D eigenvalue weighted by Crippen LogP contribution is 2.26. The van der Waals surface area contributed by atoms with E-state index in [0.29, 0.717) is 12.7 Å². The van der Waals surface area contributed by atoms with Gasteiger partial charge in [0.15, 0.2) is 0 Å². The molecule has 76 valence electrons. The van der Waals surface area contributed by atoms with Crippen LogP contribution in [0.5, 0.6) is 0 Å². The monoisotopic (exact) mass is 256 g/mol. The standard InChI is InChI=1S/C11H13BrO2/c1-8(13-6-9-7-14-9)10-4-2-3-5-11(10)12/h2-5,8-9H,6-7H2,1H3/t8-,9?/m1/s1. The third-order valence-corrected chi connectivity index (χ3v) is 3.00. The molecule has 0 spiro atoms. The van der Waals surface area contributed by atoms with Gasteiger partial charge < -0.3 is 9.47 Å². The van der Waals surface area contributed by atoms with Crippen LogP contribution in [0.1, 0.15) is 18.6 Å². The summed E-state index contributed by atoms with van der Waals surface area (Å²) >= 11 is 3.51. The lowest BCUT2D eigenvalue weighted by molar-refractivity contribution is 0.0535. The van der Waals surface area contributed by atoms with Crippen molar-refractivity contribution in [2.75, 3.05) is 13.2 Å². The van der Waals surface area contributed by atoms with Gasteiger partial charge in [-0.25, -0.2) is 0 Å². The van der Waals surface area contributed by atoms with Gasteiger partial charge in [-0.15, -0.1) is 0 Å². The summed E-state index contributed by atoms with van der Waals surface area (Å²) in [5, 5.41) is 0. The van der Waals surface area contributed by atoms with Crippen molar-refractivity contribution in [2.24, 2.45) is 0 Å². The van der Waals surface area contributed by atoms with E-state index in [1.807, 2.05) is 18.2 Å². The van der Waals surface area contributed by atoms with E-state index in [0.717, 1.165) is 11.1 Å². The number of hydrogen-bond acceptors (Lipinski definition) is 2. The summed E-state index contributed by atoms with van der Waals surface area (Å²) in [4.78, 5) is 0. The van der Waals surface area contributed by atoms with Gasteiger partial charge in [-0.1, -0.05) is 34.1 Å². The summed E-state index contributed by atoms with van der Waals surface area (Å²) in [6.07, 6.45) is 0.453. The Morgan fingerprint density at radius 3 is 2.93 bits per heavy atom. The van der Waals surface area contributed by atoms with Crippen LogP contribution in [-0.2, 0) is 9.47 Å². The SMILES string of the molecule is C[C@@H](OCC1CO1)c1ccccc1Br. The minimum Gasteiger partial charge on any atom is -0.371 e. The quantitative estimate of drug-likeness (QED) is 0.773. The lowest BCUT2D eigenvalue weighted by Crippen LogP contribution is -2.06. The fraction of sp³-hybridized carbons (Fsp3) is 0.455. The molecule has 3 heteroatoms. The summed E-state index contributed by atoms with van der Waals surface area (Å²) < 4.78 is 11.9. The van der Waals surface area contributed by atoms with Gasteiger partial charge in [0.05, 0.1) is 19.3 Å². The second-order valence-electron chi connectivity index (χ2n) is 3.45. The summed E-state index contributed by atoms with van der Waals surface area (Å²) in [5.74, 6) is 0.